The second-order valence-electron chi connectivity index (χ2n) is 5.64. The molecule has 4 heteroatoms. The summed E-state index contributed by atoms with van der Waals surface area (Å²) in [5.41, 5.74) is 3.70. The fraction of sp³-hybridized carbons (Fsp3) is 0.278. The highest BCUT2D eigenvalue weighted by Crippen LogP contribution is 2.24. The first-order valence-electron chi connectivity index (χ1n) is 7.54. The van der Waals surface area contributed by atoms with Crippen LogP contribution >= 0.6 is 0 Å². The molecule has 0 atom stereocenters. The molecule has 0 bridgehead atoms. The third-order valence-electron chi connectivity index (χ3n) is 4.12. The van der Waals surface area contributed by atoms with E-state index >= 15 is 0 Å². The molecular weight excluding hydrogens is 276 g/mol. The molecule has 0 aromatic heterocycles. The Kier molecular flexibility index (Phi) is 4.00. The van der Waals surface area contributed by atoms with Gasteiger partial charge < -0.3 is 14.9 Å². The third-order valence-corrected chi connectivity index (χ3v) is 4.12. The smallest absolute Gasteiger partial charge is 0.337 e. The van der Waals surface area contributed by atoms with Crippen molar-refractivity contribution in [3.8, 4) is 0 Å². The number of rotatable bonds is 3. The number of anilines is 2. The number of hydrogen-bond acceptors (Lipinski definition) is 3. The van der Waals surface area contributed by atoms with Gasteiger partial charge in [-0.2, -0.15) is 0 Å². The number of nitrogens with zero attached hydrogens (tertiary/aromatic N) is 2. The molecule has 22 heavy (non-hydrogen) atoms. The predicted octanol–water partition coefficient (Wildman–Crippen LogP) is 3.02. The van der Waals surface area contributed by atoms with Crippen LogP contribution in [0.2, 0.25) is 0 Å². The second-order valence-corrected chi connectivity index (χ2v) is 5.64. The van der Waals surface area contributed by atoms with Gasteiger partial charge in [-0.3, -0.25) is 0 Å². The number of benzene rings is 2. The maximum Gasteiger partial charge on any atom is 0.337 e. The predicted molar refractivity (Wildman–Crippen MR) is 89.0 cm³/mol. The molecule has 0 spiro atoms. The number of para-hydroxylation sites is 1. The van der Waals surface area contributed by atoms with Crippen LogP contribution in [0.1, 0.15) is 15.9 Å². The Bertz CT molecular complexity index is 676. The van der Waals surface area contributed by atoms with Crippen molar-refractivity contribution in [2.24, 2.45) is 0 Å². The molecule has 1 aliphatic rings. The van der Waals surface area contributed by atoms with E-state index in [1.54, 1.807) is 12.1 Å². The third kappa shape index (κ3) is 2.91. The van der Waals surface area contributed by atoms with Gasteiger partial charge in [0.1, 0.15) is 0 Å². The summed E-state index contributed by atoms with van der Waals surface area (Å²) in [5.74, 6) is -0.864. The van der Waals surface area contributed by atoms with Crippen LogP contribution in [0.25, 0.3) is 0 Å². The Morgan fingerprint density at radius 1 is 0.955 bits per heavy atom. The summed E-state index contributed by atoms with van der Waals surface area (Å²) in [6.45, 7) is 5.56. The molecule has 3 rings (SSSR count). The maximum absolute atomic E-state index is 11.4. The van der Waals surface area contributed by atoms with Crippen LogP contribution in [-0.2, 0) is 0 Å². The molecule has 1 N–H and O–H groups in total. The van der Waals surface area contributed by atoms with Gasteiger partial charge in [-0.25, -0.2) is 4.79 Å². The number of piperazine rings is 1. The van der Waals surface area contributed by atoms with Crippen molar-refractivity contribution in [1.29, 1.82) is 0 Å². The molecule has 0 radical (unpaired) electrons. The minimum atomic E-state index is -0.864. The van der Waals surface area contributed by atoms with E-state index in [0.29, 0.717) is 5.56 Å². The molecule has 0 unspecified atom stereocenters. The van der Waals surface area contributed by atoms with Gasteiger partial charge in [0.2, 0.25) is 0 Å². The molecule has 1 fully saturated rings. The number of carbonyl (C=O) groups is 1. The molecule has 1 heterocycles. The average Bonchev–Trinajstić information content (AvgIpc) is 2.55. The molecule has 114 valence electrons. The normalized spacial score (nSPS) is 15.0. The Hall–Kier alpha value is -2.49. The highest BCUT2D eigenvalue weighted by Gasteiger charge is 2.21. The molecule has 1 saturated heterocycles. The molecule has 0 amide bonds. The van der Waals surface area contributed by atoms with Crippen LogP contribution in [0, 0.1) is 6.92 Å². The van der Waals surface area contributed by atoms with Gasteiger partial charge in [0.05, 0.1) is 11.3 Å². The quantitative estimate of drug-likeness (QED) is 0.945. The number of hydrogen-bond donors (Lipinski definition) is 1. The highest BCUT2D eigenvalue weighted by atomic mass is 16.4. The first-order valence-corrected chi connectivity index (χ1v) is 7.54. The molecule has 2 aromatic rings. The molecule has 4 nitrogen and oxygen atoms in total. The van der Waals surface area contributed by atoms with Crippen LogP contribution < -0.4 is 9.80 Å². The van der Waals surface area contributed by atoms with E-state index in [1.165, 1.54) is 11.3 Å². The van der Waals surface area contributed by atoms with Gasteiger partial charge in [-0.15, -0.1) is 0 Å². The Labute approximate surface area is 130 Å². The van der Waals surface area contributed by atoms with E-state index in [0.717, 1.165) is 31.9 Å². The molecule has 0 saturated carbocycles. The van der Waals surface area contributed by atoms with Gasteiger partial charge in [-0.1, -0.05) is 24.3 Å². The Balaban J connectivity index is 1.73. The average molecular weight is 296 g/mol. The van der Waals surface area contributed by atoms with E-state index in [-0.39, 0.29) is 0 Å². The summed E-state index contributed by atoms with van der Waals surface area (Å²) in [5, 5.41) is 9.32. The Morgan fingerprint density at radius 3 is 2.32 bits per heavy atom. The molecule has 0 aliphatic carbocycles. The number of carboxylic acid groups (broad SMARTS) is 1. The van der Waals surface area contributed by atoms with Crippen LogP contribution in [0.3, 0.4) is 0 Å². The topological polar surface area (TPSA) is 43.8 Å². The van der Waals surface area contributed by atoms with E-state index in [2.05, 4.69) is 41.0 Å². The van der Waals surface area contributed by atoms with Crippen molar-refractivity contribution in [2.75, 3.05) is 36.0 Å². The van der Waals surface area contributed by atoms with Crippen molar-refractivity contribution in [3.05, 3.63) is 59.7 Å². The number of aryl methyl sites for hydroxylation is 1. The van der Waals surface area contributed by atoms with Crippen molar-refractivity contribution in [3.63, 3.8) is 0 Å². The summed E-state index contributed by atoms with van der Waals surface area (Å²) in [6, 6.07) is 15.7. The standard InChI is InChI=1S/C18H20N2O2/c1-14-5-4-6-15(13-14)19-9-11-20(12-10-19)17-8-3-2-7-16(17)18(21)22/h2-8,13H,9-12H2,1H3,(H,21,22). The van der Waals surface area contributed by atoms with E-state index in [1.807, 2.05) is 12.1 Å². The van der Waals surface area contributed by atoms with E-state index in [4.69, 9.17) is 0 Å². The largest absolute Gasteiger partial charge is 0.478 e. The zero-order chi connectivity index (χ0) is 15.5. The van der Waals surface area contributed by atoms with Crippen LogP contribution in [-0.4, -0.2) is 37.3 Å². The summed E-state index contributed by atoms with van der Waals surface area (Å²) >= 11 is 0. The summed E-state index contributed by atoms with van der Waals surface area (Å²) < 4.78 is 0. The minimum Gasteiger partial charge on any atom is -0.478 e. The maximum atomic E-state index is 11.4. The second kappa shape index (κ2) is 6.10. The number of carboxylic acids is 1. The van der Waals surface area contributed by atoms with Gasteiger partial charge in [0, 0.05) is 31.9 Å². The molecular formula is C18H20N2O2. The van der Waals surface area contributed by atoms with Crippen molar-refractivity contribution in [1.82, 2.24) is 0 Å². The van der Waals surface area contributed by atoms with E-state index in [9.17, 15) is 9.90 Å². The van der Waals surface area contributed by atoms with Gasteiger partial charge in [0.15, 0.2) is 0 Å². The van der Waals surface area contributed by atoms with Crippen LogP contribution in [0.4, 0.5) is 11.4 Å². The first kappa shape index (κ1) is 14.4. The van der Waals surface area contributed by atoms with Crippen LogP contribution in [0.5, 0.6) is 0 Å². The highest BCUT2D eigenvalue weighted by molar-refractivity contribution is 5.94. The lowest BCUT2D eigenvalue weighted by atomic mass is 10.1. The van der Waals surface area contributed by atoms with Crippen molar-refractivity contribution in [2.45, 2.75) is 6.92 Å². The zero-order valence-corrected chi connectivity index (χ0v) is 12.7. The SMILES string of the molecule is Cc1cccc(N2CCN(c3ccccc3C(=O)O)CC2)c1. The van der Waals surface area contributed by atoms with Crippen molar-refractivity contribution >= 4 is 17.3 Å². The van der Waals surface area contributed by atoms with Crippen molar-refractivity contribution < 1.29 is 9.90 Å². The van der Waals surface area contributed by atoms with Gasteiger partial charge in [-0.05, 0) is 36.8 Å². The lowest BCUT2D eigenvalue weighted by Crippen LogP contribution is -2.47. The van der Waals surface area contributed by atoms with Gasteiger partial charge in [0.25, 0.3) is 0 Å². The number of aromatic carboxylic acids is 1. The Morgan fingerprint density at radius 2 is 1.64 bits per heavy atom. The fourth-order valence-electron chi connectivity index (χ4n) is 2.96. The fourth-order valence-corrected chi connectivity index (χ4v) is 2.96. The summed E-state index contributed by atoms with van der Waals surface area (Å²) in [4.78, 5) is 15.9. The summed E-state index contributed by atoms with van der Waals surface area (Å²) in [7, 11) is 0. The zero-order valence-electron chi connectivity index (χ0n) is 12.7. The summed E-state index contributed by atoms with van der Waals surface area (Å²) in [6.07, 6.45) is 0. The monoisotopic (exact) mass is 296 g/mol. The van der Waals surface area contributed by atoms with E-state index < -0.39 is 5.97 Å². The lowest BCUT2D eigenvalue weighted by Gasteiger charge is -2.38. The lowest BCUT2D eigenvalue weighted by molar-refractivity contribution is 0.0697. The van der Waals surface area contributed by atoms with Crippen LogP contribution in [0.15, 0.2) is 48.5 Å². The molecule has 2 aromatic carbocycles. The minimum absolute atomic E-state index is 0.381. The van der Waals surface area contributed by atoms with Gasteiger partial charge >= 0.3 is 5.97 Å². The molecule has 1 aliphatic heterocycles. The first-order chi connectivity index (χ1) is 10.6.